The van der Waals surface area contributed by atoms with Crippen molar-refractivity contribution in [1.29, 1.82) is 0 Å². The summed E-state index contributed by atoms with van der Waals surface area (Å²) in [5.74, 6) is 6.48. The molecule has 3 rings (SSSR count). The molecule has 0 spiro atoms. The Labute approximate surface area is 168 Å². The highest BCUT2D eigenvalue weighted by Gasteiger charge is 2.30. The number of nitrogens with one attached hydrogen (secondary N) is 1. The minimum atomic E-state index is -4.43. The molecule has 7 nitrogen and oxygen atoms in total. The van der Waals surface area contributed by atoms with Crippen molar-refractivity contribution in [3.8, 4) is 5.75 Å². The number of rotatable bonds is 7. The van der Waals surface area contributed by atoms with Crippen molar-refractivity contribution in [2.45, 2.75) is 17.9 Å². The highest BCUT2D eigenvalue weighted by molar-refractivity contribution is 7.99. The maximum absolute atomic E-state index is 12.6. The second-order valence-corrected chi connectivity index (χ2v) is 6.72. The maximum Gasteiger partial charge on any atom is 0.416 e. The third kappa shape index (κ3) is 5.64. The number of carbonyl (C=O) groups excluding carboxylic acids is 1. The summed E-state index contributed by atoms with van der Waals surface area (Å²) in [6.45, 7) is 0.103. The van der Waals surface area contributed by atoms with Gasteiger partial charge in [0.25, 0.3) is 0 Å². The number of benzene rings is 2. The second kappa shape index (κ2) is 8.86. The highest BCUT2D eigenvalue weighted by Crippen LogP contribution is 2.29. The van der Waals surface area contributed by atoms with E-state index in [1.807, 2.05) is 18.2 Å². The van der Waals surface area contributed by atoms with Gasteiger partial charge in [-0.15, -0.1) is 10.2 Å². The summed E-state index contributed by atoms with van der Waals surface area (Å²) in [5.41, 5.74) is -0.527. The van der Waals surface area contributed by atoms with E-state index in [1.54, 1.807) is 12.1 Å². The number of alkyl halides is 3. The summed E-state index contributed by atoms with van der Waals surface area (Å²) in [5, 5.41) is 10.7. The van der Waals surface area contributed by atoms with E-state index in [-0.39, 0.29) is 18.0 Å². The molecule has 1 aromatic heterocycles. The van der Waals surface area contributed by atoms with Crippen molar-refractivity contribution >= 4 is 23.4 Å². The molecule has 3 aromatic rings. The van der Waals surface area contributed by atoms with Gasteiger partial charge in [-0.2, -0.15) is 13.2 Å². The number of aromatic nitrogens is 3. The number of halogens is 3. The number of amides is 1. The highest BCUT2D eigenvalue weighted by atomic mass is 32.2. The molecule has 11 heteroatoms. The van der Waals surface area contributed by atoms with Crippen LogP contribution in [0.4, 0.5) is 18.9 Å². The van der Waals surface area contributed by atoms with E-state index in [0.29, 0.717) is 16.7 Å². The molecule has 0 unspecified atom stereocenters. The van der Waals surface area contributed by atoms with Gasteiger partial charge in [-0.3, -0.25) is 4.79 Å². The van der Waals surface area contributed by atoms with Gasteiger partial charge in [-0.25, -0.2) is 4.68 Å². The zero-order valence-corrected chi connectivity index (χ0v) is 15.7. The maximum atomic E-state index is 12.6. The number of para-hydroxylation sites is 1. The van der Waals surface area contributed by atoms with Crippen molar-refractivity contribution in [3.05, 3.63) is 66.0 Å². The average Bonchev–Trinajstić information content (AvgIpc) is 3.05. The lowest BCUT2D eigenvalue weighted by molar-refractivity contribution is -0.137. The standard InChI is InChI=1S/C18H16F3N5O2S/c19-18(20,21)12-6-8-13(9-7-12)23-16(27)11-29-17-25-24-15(26(17)22)10-28-14-4-2-1-3-5-14/h1-9H,10-11,22H2,(H,23,27). The molecular formula is C18H16F3N5O2S. The molecule has 0 saturated carbocycles. The quantitative estimate of drug-likeness (QED) is 0.447. The largest absolute Gasteiger partial charge is 0.486 e. The average molecular weight is 423 g/mol. The fourth-order valence-electron chi connectivity index (χ4n) is 2.24. The van der Waals surface area contributed by atoms with Crippen LogP contribution in [0.2, 0.25) is 0 Å². The number of ether oxygens (including phenoxy) is 1. The summed E-state index contributed by atoms with van der Waals surface area (Å²) in [4.78, 5) is 12.0. The Balaban J connectivity index is 1.51. The van der Waals surface area contributed by atoms with E-state index in [0.717, 1.165) is 23.9 Å². The van der Waals surface area contributed by atoms with E-state index >= 15 is 0 Å². The van der Waals surface area contributed by atoms with Crippen LogP contribution in [0.1, 0.15) is 11.4 Å². The van der Waals surface area contributed by atoms with Crippen LogP contribution in [0.15, 0.2) is 59.8 Å². The van der Waals surface area contributed by atoms with Crippen molar-refractivity contribution in [2.24, 2.45) is 0 Å². The normalized spacial score (nSPS) is 11.3. The Morgan fingerprint density at radius 2 is 1.79 bits per heavy atom. The molecule has 0 aliphatic heterocycles. The summed E-state index contributed by atoms with van der Waals surface area (Å²) >= 11 is 1.04. The van der Waals surface area contributed by atoms with E-state index in [4.69, 9.17) is 10.6 Å². The van der Waals surface area contributed by atoms with Crippen molar-refractivity contribution < 1.29 is 22.7 Å². The summed E-state index contributed by atoms with van der Waals surface area (Å²) in [7, 11) is 0. The van der Waals surface area contributed by atoms with Gasteiger partial charge in [0.2, 0.25) is 11.1 Å². The monoisotopic (exact) mass is 423 g/mol. The molecule has 2 aromatic carbocycles. The first kappa shape index (κ1) is 20.5. The Kier molecular flexibility index (Phi) is 6.27. The molecule has 29 heavy (non-hydrogen) atoms. The lowest BCUT2D eigenvalue weighted by Gasteiger charge is -2.09. The minimum absolute atomic E-state index is 0.0457. The fraction of sp³-hybridized carbons (Fsp3) is 0.167. The van der Waals surface area contributed by atoms with E-state index in [9.17, 15) is 18.0 Å². The number of nitrogen functional groups attached to an aromatic ring is 1. The number of hydrogen-bond donors (Lipinski definition) is 2. The molecule has 0 fully saturated rings. The second-order valence-electron chi connectivity index (χ2n) is 5.78. The van der Waals surface area contributed by atoms with Gasteiger partial charge in [0.1, 0.15) is 12.4 Å². The zero-order chi connectivity index (χ0) is 20.9. The summed E-state index contributed by atoms with van der Waals surface area (Å²) in [6, 6.07) is 13.3. The third-order valence-electron chi connectivity index (χ3n) is 3.67. The number of nitrogens with zero attached hydrogens (tertiary/aromatic N) is 3. The van der Waals surface area contributed by atoms with Gasteiger partial charge < -0.3 is 15.9 Å². The smallest absolute Gasteiger partial charge is 0.416 e. The summed E-state index contributed by atoms with van der Waals surface area (Å²) < 4.78 is 44.4. The van der Waals surface area contributed by atoms with Crippen LogP contribution in [0.3, 0.4) is 0 Å². The number of hydrogen-bond acceptors (Lipinski definition) is 6. The van der Waals surface area contributed by atoms with Crippen LogP contribution in [0, 0.1) is 0 Å². The Morgan fingerprint density at radius 3 is 2.45 bits per heavy atom. The van der Waals surface area contributed by atoms with Crippen molar-refractivity contribution in [2.75, 3.05) is 16.9 Å². The molecule has 0 bridgehead atoms. The molecular weight excluding hydrogens is 407 g/mol. The SMILES string of the molecule is Nn1c(COc2ccccc2)nnc1SCC(=O)Nc1ccc(C(F)(F)F)cc1. The first-order valence-electron chi connectivity index (χ1n) is 8.30. The number of nitrogens with two attached hydrogens (primary N) is 1. The Morgan fingerprint density at radius 1 is 1.10 bits per heavy atom. The van der Waals surface area contributed by atoms with Crippen LogP contribution in [0.5, 0.6) is 5.75 Å². The molecule has 0 atom stereocenters. The van der Waals surface area contributed by atoms with Gasteiger partial charge >= 0.3 is 6.18 Å². The topological polar surface area (TPSA) is 95.1 Å². The first-order valence-corrected chi connectivity index (χ1v) is 9.28. The molecule has 3 N–H and O–H groups in total. The van der Waals surface area contributed by atoms with Crippen molar-refractivity contribution in [3.63, 3.8) is 0 Å². The number of thioether (sulfide) groups is 1. The number of carbonyl (C=O) groups is 1. The number of anilines is 1. The van der Waals surface area contributed by atoms with E-state index in [1.165, 1.54) is 16.8 Å². The minimum Gasteiger partial charge on any atom is -0.486 e. The van der Waals surface area contributed by atoms with Crippen LogP contribution in [-0.4, -0.2) is 26.5 Å². The molecule has 1 heterocycles. The van der Waals surface area contributed by atoms with Gasteiger partial charge in [-0.05, 0) is 36.4 Å². The first-order chi connectivity index (χ1) is 13.8. The fourth-order valence-corrected chi connectivity index (χ4v) is 2.91. The Hall–Kier alpha value is -3.21. The van der Waals surface area contributed by atoms with E-state index in [2.05, 4.69) is 15.5 Å². The van der Waals surface area contributed by atoms with Gasteiger partial charge in [-0.1, -0.05) is 30.0 Å². The van der Waals surface area contributed by atoms with Crippen LogP contribution in [0.25, 0.3) is 0 Å². The predicted molar refractivity (Wildman–Crippen MR) is 102 cm³/mol. The molecule has 1 amide bonds. The molecule has 0 aliphatic carbocycles. The molecule has 0 radical (unpaired) electrons. The predicted octanol–water partition coefficient (Wildman–Crippen LogP) is 3.32. The van der Waals surface area contributed by atoms with Crippen LogP contribution < -0.4 is 15.9 Å². The van der Waals surface area contributed by atoms with Crippen LogP contribution in [-0.2, 0) is 17.6 Å². The van der Waals surface area contributed by atoms with Crippen LogP contribution >= 0.6 is 11.8 Å². The Bertz CT molecular complexity index is 962. The van der Waals surface area contributed by atoms with Gasteiger partial charge in [0, 0.05) is 5.69 Å². The summed E-state index contributed by atoms with van der Waals surface area (Å²) in [6.07, 6.45) is -4.43. The zero-order valence-electron chi connectivity index (χ0n) is 14.9. The van der Waals surface area contributed by atoms with Gasteiger partial charge in [0.15, 0.2) is 5.82 Å². The lowest BCUT2D eigenvalue weighted by Crippen LogP contribution is -2.18. The molecule has 0 saturated heterocycles. The lowest BCUT2D eigenvalue weighted by atomic mass is 10.2. The van der Waals surface area contributed by atoms with E-state index < -0.39 is 17.6 Å². The van der Waals surface area contributed by atoms with Crippen molar-refractivity contribution in [1.82, 2.24) is 14.9 Å². The molecule has 152 valence electrons. The third-order valence-corrected chi connectivity index (χ3v) is 4.62. The van der Waals surface area contributed by atoms with Gasteiger partial charge in [0.05, 0.1) is 11.3 Å². The molecule has 0 aliphatic rings.